The van der Waals surface area contributed by atoms with Crippen LogP contribution in [-0.4, -0.2) is 30.9 Å². The Morgan fingerprint density at radius 3 is 2.83 bits per heavy atom. The summed E-state index contributed by atoms with van der Waals surface area (Å²) in [4.78, 5) is 16.4. The second-order valence-corrected chi connectivity index (χ2v) is 6.94. The summed E-state index contributed by atoms with van der Waals surface area (Å²) >= 11 is 3.36. The molecule has 0 atom stereocenters. The van der Waals surface area contributed by atoms with Crippen LogP contribution >= 0.6 is 23.1 Å². The number of amides is 1. The Bertz CT molecular complexity index is 659. The minimum atomic E-state index is -0.0320. The Hall–Kier alpha value is -1.73. The maximum atomic E-state index is 12.0. The van der Waals surface area contributed by atoms with E-state index in [4.69, 9.17) is 9.47 Å². The van der Waals surface area contributed by atoms with Crippen molar-refractivity contribution in [3.63, 3.8) is 0 Å². The number of carbonyl (C=O) groups excluding carboxylic acids is 1. The van der Waals surface area contributed by atoms with Crippen LogP contribution in [0.4, 0.5) is 5.69 Å². The Kier molecular flexibility index (Phi) is 6.73. The molecule has 2 rings (SSSR count). The fourth-order valence-electron chi connectivity index (χ4n) is 1.93. The summed E-state index contributed by atoms with van der Waals surface area (Å²) in [5.41, 5.74) is 1.73. The fourth-order valence-corrected chi connectivity index (χ4v) is 3.48. The molecule has 1 N–H and O–H groups in total. The van der Waals surface area contributed by atoms with Gasteiger partial charge in [-0.15, -0.1) is 11.3 Å². The van der Waals surface area contributed by atoms with Crippen LogP contribution in [0.2, 0.25) is 0 Å². The fraction of sp³-hybridized carbons (Fsp3) is 0.375. The van der Waals surface area contributed by atoms with Gasteiger partial charge in [0, 0.05) is 29.4 Å². The van der Waals surface area contributed by atoms with Gasteiger partial charge in [0.2, 0.25) is 5.91 Å². The highest BCUT2D eigenvalue weighted by molar-refractivity contribution is 7.98. The molecule has 2 aromatic rings. The molecule has 0 fully saturated rings. The van der Waals surface area contributed by atoms with Gasteiger partial charge in [-0.1, -0.05) is 0 Å². The van der Waals surface area contributed by atoms with Crippen LogP contribution in [0.5, 0.6) is 11.5 Å². The van der Waals surface area contributed by atoms with E-state index in [1.54, 1.807) is 55.5 Å². The third-order valence-corrected chi connectivity index (χ3v) is 4.89. The number of nitrogens with one attached hydrogen (secondary N) is 1. The van der Waals surface area contributed by atoms with Crippen LogP contribution in [0.25, 0.3) is 0 Å². The van der Waals surface area contributed by atoms with Crippen molar-refractivity contribution in [2.75, 3.05) is 25.3 Å². The number of hydrogen-bond acceptors (Lipinski definition) is 6. The van der Waals surface area contributed by atoms with Gasteiger partial charge in [-0.3, -0.25) is 4.79 Å². The van der Waals surface area contributed by atoms with Crippen molar-refractivity contribution in [3.05, 3.63) is 34.3 Å². The summed E-state index contributed by atoms with van der Waals surface area (Å²) in [7, 11) is 3.16. The Labute approximate surface area is 144 Å². The topological polar surface area (TPSA) is 60.5 Å². The molecule has 0 unspecified atom stereocenters. The normalized spacial score (nSPS) is 10.4. The summed E-state index contributed by atoms with van der Waals surface area (Å²) < 4.78 is 10.4. The van der Waals surface area contributed by atoms with Gasteiger partial charge in [0.25, 0.3) is 0 Å². The van der Waals surface area contributed by atoms with E-state index >= 15 is 0 Å². The molecule has 1 aromatic carbocycles. The number of aromatic nitrogens is 1. The first-order valence-electron chi connectivity index (χ1n) is 7.13. The van der Waals surface area contributed by atoms with Crippen LogP contribution in [0.1, 0.15) is 17.1 Å². The number of benzene rings is 1. The first-order valence-corrected chi connectivity index (χ1v) is 9.16. The molecule has 0 bridgehead atoms. The lowest BCUT2D eigenvalue weighted by molar-refractivity contribution is -0.115. The van der Waals surface area contributed by atoms with E-state index in [1.165, 1.54) is 0 Å². The van der Waals surface area contributed by atoms with Gasteiger partial charge in [-0.2, -0.15) is 11.8 Å². The number of thioether (sulfide) groups is 1. The maximum absolute atomic E-state index is 12.0. The molecule has 0 saturated carbocycles. The smallest absolute Gasteiger partial charge is 0.225 e. The lowest BCUT2D eigenvalue weighted by atomic mass is 10.2. The van der Waals surface area contributed by atoms with Crippen molar-refractivity contribution in [1.29, 1.82) is 0 Å². The van der Waals surface area contributed by atoms with Crippen molar-refractivity contribution in [2.45, 2.75) is 19.1 Å². The summed E-state index contributed by atoms with van der Waals surface area (Å²) in [6.45, 7) is 1.99. The summed E-state index contributed by atoms with van der Waals surface area (Å²) in [6, 6.07) is 5.31. The number of aryl methyl sites for hydroxylation is 1. The molecule has 0 aliphatic rings. The number of methoxy groups -OCH3 is 2. The molecule has 0 aliphatic heterocycles. The Morgan fingerprint density at radius 1 is 1.35 bits per heavy atom. The van der Waals surface area contributed by atoms with Crippen LogP contribution in [0.15, 0.2) is 23.6 Å². The zero-order valence-corrected chi connectivity index (χ0v) is 15.1. The number of nitrogens with zero attached hydrogens (tertiary/aromatic N) is 1. The SMILES string of the molecule is COc1ccc(NC(=O)CCSCc2csc(C)n2)c(OC)c1. The second-order valence-electron chi connectivity index (χ2n) is 4.77. The molecule has 0 aliphatic carbocycles. The van der Waals surface area contributed by atoms with E-state index < -0.39 is 0 Å². The second kappa shape index (κ2) is 8.79. The zero-order valence-electron chi connectivity index (χ0n) is 13.4. The average Bonchev–Trinajstić information content (AvgIpc) is 2.97. The molecular weight excluding hydrogens is 332 g/mol. The quantitative estimate of drug-likeness (QED) is 0.734. The number of anilines is 1. The minimum absolute atomic E-state index is 0.0320. The third-order valence-electron chi connectivity index (χ3n) is 3.07. The van der Waals surface area contributed by atoms with Gasteiger partial charge in [0.1, 0.15) is 11.5 Å². The molecule has 5 nitrogen and oxygen atoms in total. The van der Waals surface area contributed by atoms with Crippen molar-refractivity contribution in [1.82, 2.24) is 4.98 Å². The number of hydrogen-bond donors (Lipinski definition) is 1. The summed E-state index contributed by atoms with van der Waals surface area (Å²) in [6.07, 6.45) is 0.447. The monoisotopic (exact) mass is 352 g/mol. The molecule has 1 aromatic heterocycles. The van der Waals surface area contributed by atoms with Crippen LogP contribution in [0.3, 0.4) is 0 Å². The molecular formula is C16H20N2O3S2. The van der Waals surface area contributed by atoms with E-state index in [0.29, 0.717) is 23.6 Å². The number of carbonyl (C=O) groups is 1. The van der Waals surface area contributed by atoms with Crippen molar-refractivity contribution >= 4 is 34.7 Å². The van der Waals surface area contributed by atoms with E-state index in [2.05, 4.69) is 15.7 Å². The first kappa shape index (κ1) is 17.6. The molecule has 0 radical (unpaired) electrons. The Morgan fingerprint density at radius 2 is 2.17 bits per heavy atom. The van der Waals surface area contributed by atoms with Gasteiger partial charge in [0.05, 0.1) is 30.6 Å². The molecule has 1 heterocycles. The summed E-state index contributed by atoms with van der Waals surface area (Å²) in [5.74, 6) is 2.83. The predicted molar refractivity (Wildman–Crippen MR) is 95.8 cm³/mol. The molecule has 23 heavy (non-hydrogen) atoms. The third kappa shape index (κ3) is 5.44. The highest BCUT2D eigenvalue weighted by Gasteiger charge is 2.09. The standard InChI is InChI=1S/C16H20N2O3S2/c1-11-17-12(10-23-11)9-22-7-6-16(19)18-14-5-4-13(20-2)8-15(14)21-3/h4-5,8,10H,6-7,9H2,1-3H3,(H,18,19). The highest BCUT2D eigenvalue weighted by atomic mass is 32.2. The number of thiazole rings is 1. The molecule has 0 saturated heterocycles. The molecule has 7 heteroatoms. The van der Waals surface area contributed by atoms with E-state index in [0.717, 1.165) is 22.2 Å². The lowest BCUT2D eigenvalue weighted by Crippen LogP contribution is -2.13. The predicted octanol–water partition coefficient (Wildman–Crippen LogP) is 3.73. The van der Waals surface area contributed by atoms with Crippen LogP contribution < -0.4 is 14.8 Å². The van der Waals surface area contributed by atoms with Crippen LogP contribution in [0, 0.1) is 6.92 Å². The highest BCUT2D eigenvalue weighted by Crippen LogP contribution is 2.29. The van der Waals surface area contributed by atoms with E-state index in [-0.39, 0.29) is 5.91 Å². The van der Waals surface area contributed by atoms with Gasteiger partial charge in [0.15, 0.2) is 0 Å². The van der Waals surface area contributed by atoms with E-state index in [1.807, 2.05) is 6.92 Å². The van der Waals surface area contributed by atoms with Gasteiger partial charge in [-0.25, -0.2) is 4.98 Å². The van der Waals surface area contributed by atoms with Gasteiger partial charge in [-0.05, 0) is 19.1 Å². The number of ether oxygens (including phenoxy) is 2. The van der Waals surface area contributed by atoms with Crippen molar-refractivity contribution < 1.29 is 14.3 Å². The average molecular weight is 352 g/mol. The van der Waals surface area contributed by atoms with Crippen LogP contribution in [-0.2, 0) is 10.5 Å². The number of rotatable bonds is 8. The van der Waals surface area contributed by atoms with Gasteiger partial charge >= 0.3 is 0 Å². The lowest BCUT2D eigenvalue weighted by Gasteiger charge is -2.11. The zero-order chi connectivity index (χ0) is 16.7. The minimum Gasteiger partial charge on any atom is -0.497 e. The summed E-state index contributed by atoms with van der Waals surface area (Å²) in [5, 5.41) is 6.00. The molecule has 1 amide bonds. The van der Waals surface area contributed by atoms with Gasteiger partial charge < -0.3 is 14.8 Å². The van der Waals surface area contributed by atoms with Crippen molar-refractivity contribution in [2.24, 2.45) is 0 Å². The Balaban J connectivity index is 1.78. The van der Waals surface area contributed by atoms with E-state index in [9.17, 15) is 4.79 Å². The van der Waals surface area contributed by atoms with Crippen molar-refractivity contribution in [3.8, 4) is 11.5 Å². The molecule has 124 valence electrons. The maximum Gasteiger partial charge on any atom is 0.225 e. The first-order chi connectivity index (χ1) is 11.1. The largest absolute Gasteiger partial charge is 0.497 e. The molecule has 0 spiro atoms.